The van der Waals surface area contributed by atoms with Crippen molar-refractivity contribution in [2.75, 3.05) is 6.54 Å². The number of pyridine rings is 1. The number of nitrogens with zero attached hydrogens (tertiary/aromatic N) is 1. The highest BCUT2D eigenvalue weighted by Crippen LogP contribution is 2.28. The van der Waals surface area contributed by atoms with Crippen molar-refractivity contribution < 1.29 is 19.8 Å². The number of carbonyl (C=O) groups is 2. The predicted octanol–water partition coefficient (Wildman–Crippen LogP) is 3.24. The van der Waals surface area contributed by atoms with Crippen molar-refractivity contribution in [2.24, 2.45) is 0 Å². The van der Waals surface area contributed by atoms with Gasteiger partial charge in [-0.2, -0.15) is 0 Å². The summed E-state index contributed by atoms with van der Waals surface area (Å²) in [5, 5.41) is 21.5. The smallest absolute Gasteiger partial charge is 0.328 e. The number of rotatable bonds is 8. The molecule has 2 aromatic rings. The molecular weight excluding hydrogens is 404 g/mol. The van der Waals surface area contributed by atoms with Crippen LogP contribution in [-0.2, 0) is 29.0 Å². The Morgan fingerprint density at radius 1 is 1.23 bits per heavy atom. The first-order valence-corrected chi connectivity index (χ1v) is 10.9. The third-order valence-corrected chi connectivity index (χ3v) is 5.71. The van der Waals surface area contributed by atoms with Crippen LogP contribution in [0.1, 0.15) is 48.4 Å². The van der Waals surface area contributed by atoms with Crippen LogP contribution in [0.5, 0.6) is 0 Å². The number of aromatic nitrogens is 1. The molecule has 0 bridgehead atoms. The summed E-state index contributed by atoms with van der Waals surface area (Å²) in [5.74, 6) is -2.51. The highest BCUT2D eigenvalue weighted by molar-refractivity contribution is 7.09. The number of fused-ring (bicyclic) bond motifs is 1. The van der Waals surface area contributed by atoms with Crippen molar-refractivity contribution in [3.8, 4) is 0 Å². The zero-order valence-corrected chi connectivity index (χ0v) is 17.9. The van der Waals surface area contributed by atoms with Crippen LogP contribution in [0.2, 0.25) is 0 Å². The minimum atomic E-state index is -1.26. The maximum atomic E-state index is 12.1. The van der Waals surface area contributed by atoms with E-state index in [0.29, 0.717) is 18.2 Å². The molecule has 0 fully saturated rings. The van der Waals surface area contributed by atoms with Gasteiger partial charge in [-0.3, -0.25) is 4.79 Å². The van der Waals surface area contributed by atoms with Crippen LogP contribution in [0.3, 0.4) is 0 Å². The van der Waals surface area contributed by atoms with Gasteiger partial charge in [-0.1, -0.05) is 19.1 Å². The summed E-state index contributed by atoms with van der Waals surface area (Å²) in [6.07, 6.45) is 6.57. The predicted molar refractivity (Wildman–Crippen MR) is 117 cm³/mol. The second-order valence-electron chi connectivity index (χ2n) is 6.96. The lowest BCUT2D eigenvalue weighted by Gasteiger charge is -2.28. The Morgan fingerprint density at radius 3 is 2.57 bits per heavy atom. The first kappa shape index (κ1) is 23.6. The van der Waals surface area contributed by atoms with E-state index in [2.05, 4.69) is 29.8 Å². The van der Waals surface area contributed by atoms with Gasteiger partial charge >= 0.3 is 11.9 Å². The zero-order chi connectivity index (χ0) is 21.9. The zero-order valence-electron chi connectivity index (χ0n) is 17.0. The summed E-state index contributed by atoms with van der Waals surface area (Å²) in [5.41, 5.74) is 2.75. The molecule has 0 aromatic carbocycles. The minimum Gasteiger partial charge on any atom is -0.478 e. The number of hydrogen-bond acceptors (Lipinski definition) is 5. The third-order valence-electron chi connectivity index (χ3n) is 4.77. The summed E-state index contributed by atoms with van der Waals surface area (Å²) in [6, 6.07) is 8.49. The van der Waals surface area contributed by atoms with Gasteiger partial charge in [-0.25, -0.2) is 9.59 Å². The molecule has 0 saturated heterocycles. The van der Waals surface area contributed by atoms with Crippen LogP contribution in [0.4, 0.5) is 0 Å². The summed E-state index contributed by atoms with van der Waals surface area (Å²) in [7, 11) is 0. The second-order valence-corrected chi connectivity index (χ2v) is 8.00. The maximum absolute atomic E-state index is 12.1. The van der Waals surface area contributed by atoms with Crippen LogP contribution >= 0.6 is 11.3 Å². The van der Waals surface area contributed by atoms with E-state index < -0.39 is 11.9 Å². The molecule has 7 nitrogen and oxygen atoms in total. The van der Waals surface area contributed by atoms with Gasteiger partial charge in [0, 0.05) is 47.9 Å². The second kappa shape index (κ2) is 12.1. The fraction of sp³-hybridized carbons (Fsp3) is 0.409. The Kier molecular flexibility index (Phi) is 9.50. The number of hydrogen-bond donors (Lipinski definition) is 3. The Labute approximate surface area is 179 Å². The fourth-order valence-corrected chi connectivity index (χ4v) is 4.22. The van der Waals surface area contributed by atoms with E-state index >= 15 is 0 Å². The molecule has 0 spiro atoms. The van der Waals surface area contributed by atoms with Crippen molar-refractivity contribution in [1.29, 1.82) is 0 Å². The Balaban J connectivity index is 0.000000343. The van der Waals surface area contributed by atoms with Crippen molar-refractivity contribution in [1.82, 2.24) is 9.88 Å². The molecule has 8 heteroatoms. The molecule has 1 unspecified atom stereocenters. The molecule has 2 aromatic heterocycles. The van der Waals surface area contributed by atoms with E-state index in [1.54, 1.807) is 6.07 Å². The van der Waals surface area contributed by atoms with Crippen molar-refractivity contribution in [3.05, 3.63) is 68.3 Å². The SMILES string of the molecule is CCCn1c2c(ccc1=O)C(NCCc1cccs1)CCC2.O=C(O)/C=C/C(=O)O. The van der Waals surface area contributed by atoms with Gasteiger partial charge < -0.3 is 20.1 Å². The lowest BCUT2D eigenvalue weighted by molar-refractivity contribution is -0.134. The van der Waals surface area contributed by atoms with E-state index in [0.717, 1.165) is 38.8 Å². The van der Waals surface area contributed by atoms with Crippen molar-refractivity contribution >= 4 is 23.3 Å². The van der Waals surface area contributed by atoms with E-state index in [4.69, 9.17) is 10.2 Å². The van der Waals surface area contributed by atoms with Gasteiger partial charge in [0.15, 0.2) is 0 Å². The van der Waals surface area contributed by atoms with Gasteiger partial charge in [0.1, 0.15) is 0 Å². The molecule has 1 aliphatic rings. The standard InChI is InChI=1S/C18H24N2OS.C4H4O4/c1-2-12-20-17-7-3-6-16(15(17)8-9-18(20)21)19-11-10-14-5-4-13-22-14;5-3(6)1-2-4(7)8/h4-5,8-9,13,16,19H,2-3,6-7,10-12H2,1H3;1-2H,(H,5,6)(H,7,8)/b;2-1+. The average Bonchev–Trinajstić information content (AvgIpc) is 3.23. The average molecular weight is 433 g/mol. The summed E-state index contributed by atoms with van der Waals surface area (Å²) < 4.78 is 1.99. The molecular formula is C22H28N2O5S. The molecule has 3 rings (SSSR count). The summed E-state index contributed by atoms with van der Waals surface area (Å²) in [6.45, 7) is 3.97. The third kappa shape index (κ3) is 7.27. The van der Waals surface area contributed by atoms with Crippen molar-refractivity contribution in [3.63, 3.8) is 0 Å². The maximum Gasteiger partial charge on any atom is 0.328 e. The van der Waals surface area contributed by atoms with Crippen LogP contribution in [0, 0.1) is 0 Å². The number of thiophene rings is 1. The van der Waals surface area contributed by atoms with Gasteiger partial charge in [0.25, 0.3) is 5.56 Å². The van der Waals surface area contributed by atoms with Gasteiger partial charge in [-0.05, 0) is 49.1 Å². The number of nitrogens with one attached hydrogen (secondary N) is 1. The molecule has 162 valence electrons. The van der Waals surface area contributed by atoms with E-state index in [9.17, 15) is 14.4 Å². The molecule has 3 N–H and O–H groups in total. The van der Waals surface area contributed by atoms with Crippen molar-refractivity contribution in [2.45, 2.75) is 51.6 Å². The molecule has 1 aliphatic carbocycles. The Hall–Kier alpha value is -2.71. The first-order valence-electron chi connectivity index (χ1n) is 10.0. The highest BCUT2D eigenvalue weighted by Gasteiger charge is 2.22. The van der Waals surface area contributed by atoms with Crippen LogP contribution in [0.15, 0.2) is 46.6 Å². The number of carboxylic acid groups (broad SMARTS) is 2. The molecule has 1 atom stereocenters. The normalized spacial score (nSPS) is 15.3. The molecule has 0 aliphatic heterocycles. The van der Waals surface area contributed by atoms with Crippen LogP contribution < -0.4 is 10.9 Å². The van der Waals surface area contributed by atoms with Gasteiger partial charge in [0.05, 0.1) is 0 Å². The number of aliphatic carboxylic acids is 2. The summed E-state index contributed by atoms with van der Waals surface area (Å²) >= 11 is 1.82. The Bertz CT molecular complexity index is 902. The van der Waals surface area contributed by atoms with Crippen LogP contribution in [0.25, 0.3) is 0 Å². The quantitative estimate of drug-likeness (QED) is 0.553. The minimum absolute atomic E-state index is 0.153. The molecule has 0 saturated carbocycles. The van der Waals surface area contributed by atoms with Gasteiger partial charge in [0.2, 0.25) is 0 Å². The molecule has 2 heterocycles. The van der Waals surface area contributed by atoms with Gasteiger partial charge in [-0.15, -0.1) is 11.3 Å². The molecule has 30 heavy (non-hydrogen) atoms. The summed E-state index contributed by atoms with van der Waals surface area (Å²) in [4.78, 5) is 32.6. The first-order chi connectivity index (χ1) is 14.4. The topological polar surface area (TPSA) is 109 Å². The molecule has 0 radical (unpaired) electrons. The Morgan fingerprint density at radius 2 is 1.97 bits per heavy atom. The fourth-order valence-electron chi connectivity index (χ4n) is 3.51. The lowest BCUT2D eigenvalue weighted by atomic mass is 9.90. The molecule has 0 amide bonds. The van der Waals surface area contributed by atoms with E-state index in [-0.39, 0.29) is 5.56 Å². The highest BCUT2D eigenvalue weighted by atomic mass is 32.1. The van der Waals surface area contributed by atoms with E-state index in [1.165, 1.54) is 22.6 Å². The largest absolute Gasteiger partial charge is 0.478 e. The van der Waals surface area contributed by atoms with Crippen LogP contribution in [-0.4, -0.2) is 33.3 Å². The van der Waals surface area contributed by atoms with E-state index in [1.807, 2.05) is 22.0 Å². The number of carboxylic acids is 2. The monoisotopic (exact) mass is 432 g/mol. The lowest BCUT2D eigenvalue weighted by Crippen LogP contribution is -2.32.